The van der Waals surface area contributed by atoms with E-state index in [-0.39, 0.29) is 0 Å². The van der Waals surface area contributed by atoms with Gasteiger partial charge in [-0.1, -0.05) is 57.5 Å². The summed E-state index contributed by atoms with van der Waals surface area (Å²) in [6, 6.07) is 9.98. The normalized spacial score (nSPS) is 11.4. The Hall–Kier alpha value is -1.41. The molecule has 0 aliphatic heterocycles. The van der Waals surface area contributed by atoms with Crippen molar-refractivity contribution in [3.63, 3.8) is 0 Å². The first-order valence-electron chi connectivity index (χ1n) is 8.46. The molecule has 0 spiro atoms. The number of halogens is 1. The molecule has 0 radical (unpaired) electrons. The lowest BCUT2D eigenvalue weighted by atomic mass is 10.1. The summed E-state index contributed by atoms with van der Waals surface area (Å²) < 4.78 is 12.0. The van der Waals surface area contributed by atoms with Gasteiger partial charge in [-0.15, -0.1) is 0 Å². The van der Waals surface area contributed by atoms with Crippen LogP contribution in [0.15, 0.2) is 30.3 Å². The summed E-state index contributed by atoms with van der Waals surface area (Å²) in [6.07, 6.45) is 2.03. The zero-order chi connectivity index (χ0) is 16.8. The molecule has 2 nitrogen and oxygen atoms in total. The summed E-state index contributed by atoms with van der Waals surface area (Å²) in [4.78, 5) is 0. The number of rotatable bonds is 8. The number of ether oxygens (including phenoxy) is 2. The van der Waals surface area contributed by atoms with E-state index in [4.69, 9.17) is 21.1 Å². The standard InChI is InChI=1S/C20H27ClO2/c1-14(2)10-12-22-18-7-5-6-16-8-9-17(21)20(19(16)18)23-13-11-15(3)4/h5-9,14-15H,10-13H2,1-4H3. The van der Waals surface area contributed by atoms with Crippen molar-refractivity contribution in [3.05, 3.63) is 35.4 Å². The summed E-state index contributed by atoms with van der Waals surface area (Å²) in [5.74, 6) is 2.82. The van der Waals surface area contributed by atoms with Crippen molar-refractivity contribution in [1.29, 1.82) is 0 Å². The van der Waals surface area contributed by atoms with Gasteiger partial charge < -0.3 is 9.47 Å². The third-order valence-corrected chi connectivity index (χ3v) is 4.10. The molecule has 0 bridgehead atoms. The van der Waals surface area contributed by atoms with Crippen molar-refractivity contribution in [2.75, 3.05) is 13.2 Å². The lowest BCUT2D eigenvalue weighted by Gasteiger charge is -2.16. The molecule has 0 N–H and O–H groups in total. The molecule has 2 aromatic rings. The fraction of sp³-hybridized carbons (Fsp3) is 0.500. The summed E-state index contributed by atoms with van der Waals surface area (Å²) in [5, 5.41) is 2.71. The SMILES string of the molecule is CC(C)CCOc1cccc2ccc(Cl)c(OCCC(C)C)c12. The van der Waals surface area contributed by atoms with E-state index in [1.165, 1.54) is 0 Å². The van der Waals surface area contributed by atoms with E-state index < -0.39 is 0 Å². The highest BCUT2D eigenvalue weighted by atomic mass is 35.5. The first-order valence-corrected chi connectivity index (χ1v) is 8.83. The van der Waals surface area contributed by atoms with Gasteiger partial charge in [-0.05, 0) is 42.2 Å². The monoisotopic (exact) mass is 334 g/mol. The Morgan fingerprint density at radius 2 is 1.52 bits per heavy atom. The van der Waals surface area contributed by atoms with Crippen molar-refractivity contribution in [1.82, 2.24) is 0 Å². The highest BCUT2D eigenvalue weighted by molar-refractivity contribution is 6.33. The third kappa shape index (κ3) is 5.04. The molecule has 0 amide bonds. The molecule has 0 aliphatic rings. The van der Waals surface area contributed by atoms with Gasteiger partial charge in [0.25, 0.3) is 0 Å². The van der Waals surface area contributed by atoms with Crippen LogP contribution in [0.5, 0.6) is 11.5 Å². The predicted octanol–water partition coefficient (Wildman–Crippen LogP) is 6.34. The summed E-state index contributed by atoms with van der Waals surface area (Å²) in [7, 11) is 0. The summed E-state index contributed by atoms with van der Waals surface area (Å²) in [5.41, 5.74) is 0. The van der Waals surface area contributed by atoms with Crippen LogP contribution in [0.2, 0.25) is 5.02 Å². The van der Waals surface area contributed by atoms with E-state index >= 15 is 0 Å². The Labute approximate surface area is 144 Å². The van der Waals surface area contributed by atoms with Crippen LogP contribution in [0.3, 0.4) is 0 Å². The van der Waals surface area contributed by atoms with Gasteiger partial charge in [0, 0.05) is 0 Å². The molecule has 0 saturated heterocycles. The zero-order valence-corrected chi connectivity index (χ0v) is 15.3. The lowest BCUT2D eigenvalue weighted by Crippen LogP contribution is -2.04. The van der Waals surface area contributed by atoms with E-state index in [1.54, 1.807) is 0 Å². The first kappa shape index (κ1) is 17.9. The van der Waals surface area contributed by atoms with Gasteiger partial charge in [-0.3, -0.25) is 0 Å². The minimum Gasteiger partial charge on any atom is -0.493 e. The number of hydrogen-bond donors (Lipinski definition) is 0. The van der Waals surface area contributed by atoms with Crippen molar-refractivity contribution >= 4 is 22.4 Å². The average Bonchev–Trinajstić information content (AvgIpc) is 2.49. The first-order chi connectivity index (χ1) is 11.0. The summed E-state index contributed by atoms with van der Waals surface area (Å²) in [6.45, 7) is 10.1. The number of hydrogen-bond acceptors (Lipinski definition) is 2. The molecule has 0 atom stereocenters. The average molecular weight is 335 g/mol. The molecular formula is C20H27ClO2. The molecule has 0 fully saturated rings. The molecule has 2 aromatic carbocycles. The van der Waals surface area contributed by atoms with E-state index in [0.717, 1.165) is 35.1 Å². The van der Waals surface area contributed by atoms with E-state index in [2.05, 4.69) is 33.8 Å². The smallest absolute Gasteiger partial charge is 0.149 e. The molecule has 0 aromatic heterocycles. The second-order valence-corrected chi connectivity index (χ2v) is 7.20. The van der Waals surface area contributed by atoms with Gasteiger partial charge in [0.1, 0.15) is 11.5 Å². The number of benzene rings is 2. The lowest BCUT2D eigenvalue weighted by molar-refractivity contribution is 0.283. The largest absolute Gasteiger partial charge is 0.493 e. The van der Waals surface area contributed by atoms with Crippen molar-refractivity contribution in [2.24, 2.45) is 11.8 Å². The predicted molar refractivity (Wildman–Crippen MR) is 98.9 cm³/mol. The highest BCUT2D eigenvalue weighted by Crippen LogP contribution is 2.39. The van der Waals surface area contributed by atoms with Gasteiger partial charge >= 0.3 is 0 Å². The third-order valence-electron chi connectivity index (χ3n) is 3.81. The molecule has 0 saturated carbocycles. The minimum absolute atomic E-state index is 0.602. The van der Waals surface area contributed by atoms with Crippen molar-refractivity contribution < 1.29 is 9.47 Å². The summed E-state index contributed by atoms with van der Waals surface area (Å²) >= 11 is 6.39. The van der Waals surface area contributed by atoms with Gasteiger partial charge in [0.05, 0.1) is 23.6 Å². The second-order valence-electron chi connectivity index (χ2n) is 6.79. The molecule has 126 valence electrons. The maximum Gasteiger partial charge on any atom is 0.149 e. The topological polar surface area (TPSA) is 18.5 Å². The van der Waals surface area contributed by atoms with Crippen LogP contribution in [-0.2, 0) is 0 Å². The van der Waals surface area contributed by atoms with E-state index in [9.17, 15) is 0 Å². The molecule has 3 heteroatoms. The maximum atomic E-state index is 6.39. The van der Waals surface area contributed by atoms with Crippen LogP contribution in [0.25, 0.3) is 10.8 Å². The minimum atomic E-state index is 0.602. The van der Waals surface area contributed by atoms with Crippen molar-refractivity contribution in [2.45, 2.75) is 40.5 Å². The maximum absolute atomic E-state index is 6.39. The number of fused-ring (bicyclic) bond motifs is 1. The molecule has 2 rings (SSSR count). The second kappa shape index (κ2) is 8.44. The zero-order valence-electron chi connectivity index (χ0n) is 14.6. The quantitative estimate of drug-likeness (QED) is 0.560. The van der Waals surface area contributed by atoms with E-state index in [1.807, 2.05) is 24.3 Å². The van der Waals surface area contributed by atoms with Crippen LogP contribution in [-0.4, -0.2) is 13.2 Å². The van der Waals surface area contributed by atoms with Crippen molar-refractivity contribution in [3.8, 4) is 11.5 Å². The van der Waals surface area contributed by atoms with Gasteiger partial charge in [0.15, 0.2) is 0 Å². The van der Waals surface area contributed by atoms with Crippen LogP contribution in [0.1, 0.15) is 40.5 Å². The van der Waals surface area contributed by atoms with Crippen LogP contribution < -0.4 is 9.47 Å². The van der Waals surface area contributed by atoms with Gasteiger partial charge in [-0.25, -0.2) is 0 Å². The van der Waals surface area contributed by atoms with Gasteiger partial charge in [-0.2, -0.15) is 0 Å². The highest BCUT2D eigenvalue weighted by Gasteiger charge is 2.13. The molecule has 0 heterocycles. The fourth-order valence-electron chi connectivity index (χ4n) is 2.35. The Morgan fingerprint density at radius 3 is 2.17 bits per heavy atom. The van der Waals surface area contributed by atoms with Crippen LogP contribution >= 0.6 is 11.6 Å². The fourth-order valence-corrected chi connectivity index (χ4v) is 2.56. The molecule has 23 heavy (non-hydrogen) atoms. The van der Waals surface area contributed by atoms with Gasteiger partial charge in [0.2, 0.25) is 0 Å². The molecular weight excluding hydrogens is 308 g/mol. The van der Waals surface area contributed by atoms with Crippen LogP contribution in [0.4, 0.5) is 0 Å². The molecule has 0 unspecified atom stereocenters. The van der Waals surface area contributed by atoms with E-state index in [0.29, 0.717) is 30.1 Å². The Balaban J connectivity index is 2.29. The Kier molecular flexibility index (Phi) is 6.59. The Bertz CT molecular complexity index is 635. The molecule has 0 aliphatic carbocycles. The van der Waals surface area contributed by atoms with Crippen LogP contribution in [0, 0.1) is 11.8 Å². The Morgan fingerprint density at radius 1 is 0.870 bits per heavy atom.